The molecule has 1 aromatic carbocycles. The van der Waals surface area contributed by atoms with Crippen molar-refractivity contribution in [1.82, 2.24) is 10.6 Å². The molecule has 0 bridgehead atoms. The quantitative estimate of drug-likeness (QED) is 0.605. The number of esters is 1. The number of benzene rings is 1. The van der Waals surface area contributed by atoms with E-state index in [-0.39, 0.29) is 12.6 Å². The fourth-order valence-corrected chi connectivity index (χ4v) is 2.63. The van der Waals surface area contributed by atoms with Gasteiger partial charge in [-0.25, -0.2) is 9.59 Å². The number of likely N-dealkylation sites (N-methyl/N-ethyl adjacent to an activating group) is 1. The van der Waals surface area contributed by atoms with E-state index in [1.54, 1.807) is 14.0 Å². The van der Waals surface area contributed by atoms with Crippen molar-refractivity contribution in [1.29, 1.82) is 0 Å². The lowest BCUT2D eigenvalue weighted by Crippen LogP contribution is -3.08. The Hall–Kier alpha value is -2.54. The first-order chi connectivity index (χ1) is 11.5. The molecule has 0 aromatic heterocycles. The van der Waals surface area contributed by atoms with E-state index in [9.17, 15) is 9.59 Å². The molecule has 0 fully saturated rings. The van der Waals surface area contributed by atoms with Gasteiger partial charge in [0.05, 0.1) is 38.6 Å². The summed E-state index contributed by atoms with van der Waals surface area (Å²) in [6, 6.07) is 7.50. The van der Waals surface area contributed by atoms with Gasteiger partial charge in [0.1, 0.15) is 18.8 Å². The fourth-order valence-electron chi connectivity index (χ4n) is 2.63. The molecule has 1 atom stereocenters. The number of ether oxygens (including phenoxy) is 2. The van der Waals surface area contributed by atoms with Crippen LogP contribution in [-0.4, -0.2) is 45.9 Å². The van der Waals surface area contributed by atoms with Gasteiger partial charge in [0, 0.05) is 5.56 Å². The van der Waals surface area contributed by atoms with Gasteiger partial charge in [-0.1, -0.05) is 12.1 Å². The molecule has 3 N–H and O–H groups in total. The molecule has 2 rings (SSSR count). The van der Waals surface area contributed by atoms with Crippen LogP contribution in [0.1, 0.15) is 12.5 Å². The fraction of sp³-hybridized carbons (Fsp3) is 0.412. The van der Waals surface area contributed by atoms with E-state index in [1.807, 2.05) is 31.3 Å². The van der Waals surface area contributed by atoms with Crippen molar-refractivity contribution < 1.29 is 24.0 Å². The number of nitrogens with one attached hydrogen (secondary N) is 3. The van der Waals surface area contributed by atoms with Crippen LogP contribution in [0.3, 0.4) is 0 Å². The molecular weight excluding hydrogens is 310 g/mol. The third-order valence-corrected chi connectivity index (χ3v) is 3.74. The molecule has 1 heterocycles. The second-order valence-corrected chi connectivity index (χ2v) is 5.61. The van der Waals surface area contributed by atoms with Crippen LogP contribution in [-0.2, 0) is 16.1 Å². The number of quaternary nitrogens is 1. The lowest BCUT2D eigenvalue weighted by atomic mass is 10.1. The van der Waals surface area contributed by atoms with Crippen LogP contribution < -0.4 is 20.3 Å². The zero-order chi connectivity index (χ0) is 17.5. The summed E-state index contributed by atoms with van der Waals surface area (Å²) in [6.07, 6.45) is 0. The minimum atomic E-state index is -0.398. The average Bonchev–Trinajstić information content (AvgIpc) is 2.55. The number of amides is 2. The van der Waals surface area contributed by atoms with Gasteiger partial charge in [0.2, 0.25) is 0 Å². The number of rotatable bonds is 7. The molecule has 2 amide bonds. The molecule has 0 saturated heterocycles. The van der Waals surface area contributed by atoms with Gasteiger partial charge in [-0.3, -0.25) is 0 Å². The summed E-state index contributed by atoms with van der Waals surface area (Å²) in [5.41, 5.74) is 2.14. The van der Waals surface area contributed by atoms with E-state index in [2.05, 4.69) is 10.6 Å². The van der Waals surface area contributed by atoms with E-state index in [0.717, 1.165) is 16.2 Å². The van der Waals surface area contributed by atoms with Crippen molar-refractivity contribution in [3.63, 3.8) is 0 Å². The minimum Gasteiger partial charge on any atom is -0.496 e. The van der Waals surface area contributed by atoms with Crippen LogP contribution in [0.2, 0.25) is 0 Å². The van der Waals surface area contributed by atoms with Crippen molar-refractivity contribution in [3.05, 3.63) is 41.1 Å². The highest BCUT2D eigenvalue weighted by molar-refractivity contribution is 5.93. The Morgan fingerprint density at radius 1 is 1.29 bits per heavy atom. The van der Waals surface area contributed by atoms with Crippen molar-refractivity contribution >= 4 is 12.0 Å². The van der Waals surface area contributed by atoms with E-state index < -0.39 is 5.97 Å². The SMILES string of the molecule is CCOC(=O)C1=C(C[NH+](C)Cc2ccccc2OC)NC(=O)NC1. The average molecular weight is 334 g/mol. The minimum absolute atomic E-state index is 0.182. The van der Waals surface area contributed by atoms with Crippen LogP contribution in [0.15, 0.2) is 35.5 Å². The third-order valence-electron chi connectivity index (χ3n) is 3.74. The highest BCUT2D eigenvalue weighted by Gasteiger charge is 2.25. The standard InChI is InChI=1S/C17H23N3O4/c1-4-24-16(21)13-9-18-17(22)19-14(13)11-20(2)10-12-7-5-6-8-15(12)23-3/h5-8H,4,9-11H2,1-3H3,(H2,18,19,22)/p+1. The number of carbonyl (C=O) groups is 2. The maximum atomic E-state index is 12.1. The number of hydrogen-bond acceptors (Lipinski definition) is 4. The van der Waals surface area contributed by atoms with Gasteiger partial charge in [-0.15, -0.1) is 0 Å². The van der Waals surface area contributed by atoms with Crippen LogP contribution >= 0.6 is 0 Å². The lowest BCUT2D eigenvalue weighted by molar-refractivity contribution is -0.889. The lowest BCUT2D eigenvalue weighted by Gasteiger charge is -2.23. The zero-order valence-electron chi connectivity index (χ0n) is 14.3. The Labute approximate surface area is 141 Å². The largest absolute Gasteiger partial charge is 0.496 e. The Balaban J connectivity index is 2.13. The molecule has 7 nitrogen and oxygen atoms in total. The molecule has 0 spiro atoms. The van der Waals surface area contributed by atoms with Gasteiger partial charge in [-0.2, -0.15) is 0 Å². The van der Waals surface area contributed by atoms with Gasteiger partial charge < -0.3 is 25.0 Å². The Morgan fingerprint density at radius 3 is 2.75 bits per heavy atom. The second-order valence-electron chi connectivity index (χ2n) is 5.61. The normalized spacial score (nSPS) is 15.4. The molecule has 24 heavy (non-hydrogen) atoms. The summed E-state index contributed by atoms with van der Waals surface area (Å²) < 4.78 is 10.4. The first kappa shape index (κ1) is 17.8. The van der Waals surface area contributed by atoms with Crippen molar-refractivity contribution in [2.45, 2.75) is 13.5 Å². The summed E-state index contributed by atoms with van der Waals surface area (Å²) in [6.45, 7) is 3.44. The van der Waals surface area contributed by atoms with Crippen LogP contribution in [0.25, 0.3) is 0 Å². The molecule has 130 valence electrons. The highest BCUT2D eigenvalue weighted by Crippen LogP contribution is 2.15. The molecule has 1 unspecified atom stereocenters. The molecular formula is C17H24N3O4+. The van der Waals surface area contributed by atoms with Crippen molar-refractivity contribution in [2.24, 2.45) is 0 Å². The molecule has 7 heteroatoms. The summed E-state index contributed by atoms with van der Waals surface area (Å²) in [7, 11) is 3.64. The van der Waals surface area contributed by atoms with Gasteiger partial charge in [-0.05, 0) is 19.1 Å². The van der Waals surface area contributed by atoms with Gasteiger partial charge in [0.15, 0.2) is 0 Å². The number of urea groups is 1. The van der Waals surface area contributed by atoms with E-state index >= 15 is 0 Å². The molecule has 1 aliphatic heterocycles. The van der Waals surface area contributed by atoms with E-state index in [4.69, 9.17) is 9.47 Å². The molecule has 0 radical (unpaired) electrons. The summed E-state index contributed by atoms with van der Waals surface area (Å²) in [4.78, 5) is 24.8. The van der Waals surface area contributed by atoms with E-state index in [0.29, 0.717) is 31.0 Å². The summed E-state index contributed by atoms with van der Waals surface area (Å²) in [5, 5.41) is 5.33. The number of para-hydroxylation sites is 1. The molecule has 0 saturated carbocycles. The van der Waals surface area contributed by atoms with Crippen molar-refractivity contribution in [3.8, 4) is 5.75 Å². The topological polar surface area (TPSA) is 81.1 Å². The van der Waals surface area contributed by atoms with Gasteiger partial charge >= 0.3 is 12.0 Å². The maximum Gasteiger partial charge on any atom is 0.337 e. The second kappa shape index (κ2) is 8.35. The number of hydrogen-bond donors (Lipinski definition) is 3. The highest BCUT2D eigenvalue weighted by atomic mass is 16.5. The van der Waals surface area contributed by atoms with Gasteiger partial charge in [0.25, 0.3) is 0 Å². The molecule has 1 aromatic rings. The zero-order valence-corrected chi connectivity index (χ0v) is 14.3. The molecule has 0 aliphatic carbocycles. The predicted octanol–water partition coefficient (Wildman–Crippen LogP) is -0.160. The summed E-state index contributed by atoms with van der Waals surface area (Å²) >= 11 is 0. The van der Waals surface area contributed by atoms with Crippen LogP contribution in [0.4, 0.5) is 4.79 Å². The molecule has 1 aliphatic rings. The first-order valence-electron chi connectivity index (χ1n) is 7.92. The Morgan fingerprint density at radius 2 is 2.04 bits per heavy atom. The Bertz CT molecular complexity index is 642. The number of carbonyl (C=O) groups excluding carboxylic acids is 2. The van der Waals surface area contributed by atoms with Crippen LogP contribution in [0, 0.1) is 0 Å². The Kier molecular flexibility index (Phi) is 6.20. The third kappa shape index (κ3) is 4.48. The first-order valence-corrected chi connectivity index (χ1v) is 7.92. The smallest absolute Gasteiger partial charge is 0.337 e. The summed E-state index contributed by atoms with van der Waals surface area (Å²) in [5.74, 6) is 0.427. The maximum absolute atomic E-state index is 12.1. The van der Waals surface area contributed by atoms with Crippen molar-refractivity contribution in [2.75, 3.05) is 33.9 Å². The van der Waals surface area contributed by atoms with E-state index in [1.165, 1.54) is 0 Å². The number of methoxy groups -OCH3 is 1. The van der Waals surface area contributed by atoms with Crippen LogP contribution in [0.5, 0.6) is 5.75 Å². The monoisotopic (exact) mass is 334 g/mol. The predicted molar refractivity (Wildman–Crippen MR) is 88.6 cm³/mol.